The second-order valence-corrected chi connectivity index (χ2v) is 8.92. The minimum absolute atomic E-state index is 0.0384. The molecular formula is C13H21BrN4O2S. The summed E-state index contributed by atoms with van der Waals surface area (Å²) in [7, 11) is -3.59. The Morgan fingerprint density at radius 2 is 1.81 bits per heavy atom. The average molecular weight is 377 g/mol. The minimum Gasteiger partial charge on any atom is -0.383 e. The quantitative estimate of drug-likeness (QED) is 0.846. The SMILES string of the molecule is CC(C)(C)N1CCN(S(=O)(=O)c2cc(Br)cnc2N)CC1. The van der Waals surface area contributed by atoms with Crippen molar-refractivity contribution < 1.29 is 8.42 Å². The first-order chi connectivity index (χ1) is 9.62. The van der Waals surface area contributed by atoms with Crippen LogP contribution in [-0.2, 0) is 10.0 Å². The van der Waals surface area contributed by atoms with Crippen LogP contribution < -0.4 is 5.73 Å². The van der Waals surface area contributed by atoms with Crippen LogP contribution in [0, 0.1) is 0 Å². The number of hydrogen-bond donors (Lipinski definition) is 1. The van der Waals surface area contributed by atoms with Crippen molar-refractivity contribution in [2.45, 2.75) is 31.2 Å². The Morgan fingerprint density at radius 3 is 2.33 bits per heavy atom. The lowest BCUT2D eigenvalue weighted by Crippen LogP contribution is -2.54. The zero-order chi connectivity index (χ0) is 15.8. The van der Waals surface area contributed by atoms with Gasteiger partial charge in [0, 0.05) is 42.4 Å². The summed E-state index contributed by atoms with van der Waals surface area (Å²) < 4.78 is 27.4. The summed E-state index contributed by atoms with van der Waals surface area (Å²) in [5.74, 6) is 0.0384. The summed E-state index contributed by atoms with van der Waals surface area (Å²) in [6, 6.07) is 1.51. The highest BCUT2D eigenvalue weighted by molar-refractivity contribution is 9.10. The van der Waals surface area contributed by atoms with E-state index in [9.17, 15) is 8.42 Å². The lowest BCUT2D eigenvalue weighted by atomic mass is 10.1. The Kier molecular flexibility index (Phi) is 4.63. The molecular weight excluding hydrogens is 356 g/mol. The van der Waals surface area contributed by atoms with Gasteiger partial charge in [-0.15, -0.1) is 0 Å². The van der Waals surface area contributed by atoms with Crippen molar-refractivity contribution in [3.8, 4) is 0 Å². The van der Waals surface area contributed by atoms with Gasteiger partial charge in [0.05, 0.1) is 0 Å². The molecule has 0 aromatic carbocycles. The molecule has 1 fully saturated rings. The van der Waals surface area contributed by atoms with E-state index < -0.39 is 10.0 Å². The van der Waals surface area contributed by atoms with Gasteiger partial charge in [-0.3, -0.25) is 4.90 Å². The van der Waals surface area contributed by atoms with Crippen LogP contribution in [0.4, 0.5) is 5.82 Å². The van der Waals surface area contributed by atoms with Crippen LogP contribution in [0.15, 0.2) is 21.6 Å². The highest BCUT2D eigenvalue weighted by atomic mass is 79.9. The summed E-state index contributed by atoms with van der Waals surface area (Å²) in [6.07, 6.45) is 1.49. The molecule has 1 aliphatic rings. The van der Waals surface area contributed by atoms with E-state index in [4.69, 9.17) is 5.73 Å². The van der Waals surface area contributed by atoms with Crippen molar-refractivity contribution in [1.29, 1.82) is 0 Å². The fourth-order valence-corrected chi connectivity index (χ4v) is 4.37. The second-order valence-electron chi connectivity index (χ2n) is 6.10. The number of pyridine rings is 1. The number of nitrogens with zero attached hydrogens (tertiary/aromatic N) is 3. The van der Waals surface area contributed by atoms with Gasteiger partial charge in [0.2, 0.25) is 10.0 Å². The smallest absolute Gasteiger partial charge is 0.246 e. The lowest BCUT2D eigenvalue weighted by molar-refractivity contribution is 0.0922. The predicted octanol–water partition coefficient (Wildman–Crippen LogP) is 1.53. The molecule has 1 saturated heterocycles. The molecule has 1 aliphatic heterocycles. The molecule has 0 radical (unpaired) electrons. The van der Waals surface area contributed by atoms with Crippen LogP contribution in [-0.4, -0.2) is 54.3 Å². The zero-order valence-electron chi connectivity index (χ0n) is 12.5. The number of hydrogen-bond acceptors (Lipinski definition) is 5. The highest BCUT2D eigenvalue weighted by Gasteiger charge is 2.33. The number of anilines is 1. The molecule has 2 heterocycles. The average Bonchev–Trinajstić information content (AvgIpc) is 2.40. The van der Waals surface area contributed by atoms with Gasteiger partial charge < -0.3 is 5.73 Å². The molecule has 1 aromatic rings. The summed E-state index contributed by atoms with van der Waals surface area (Å²) in [4.78, 5) is 6.26. The van der Waals surface area contributed by atoms with Gasteiger partial charge in [-0.25, -0.2) is 13.4 Å². The maximum Gasteiger partial charge on any atom is 0.246 e. The molecule has 8 heteroatoms. The van der Waals surface area contributed by atoms with E-state index in [2.05, 4.69) is 46.6 Å². The second kappa shape index (κ2) is 5.83. The van der Waals surface area contributed by atoms with E-state index in [1.165, 1.54) is 16.6 Å². The molecule has 2 N–H and O–H groups in total. The standard InChI is InChI=1S/C13H21BrN4O2S/c1-13(2,3)17-4-6-18(7-5-17)21(19,20)11-8-10(14)9-16-12(11)15/h8-9H,4-7H2,1-3H3,(H2,15,16). The third kappa shape index (κ3) is 3.56. The van der Waals surface area contributed by atoms with Crippen LogP contribution in [0.25, 0.3) is 0 Å². The number of sulfonamides is 1. The number of rotatable bonds is 2. The molecule has 0 atom stereocenters. The first-order valence-electron chi connectivity index (χ1n) is 6.78. The van der Waals surface area contributed by atoms with Gasteiger partial charge in [-0.2, -0.15) is 4.31 Å². The summed E-state index contributed by atoms with van der Waals surface area (Å²) in [5, 5.41) is 0. The summed E-state index contributed by atoms with van der Waals surface area (Å²) in [5.41, 5.74) is 5.78. The van der Waals surface area contributed by atoms with E-state index in [1.54, 1.807) is 0 Å². The van der Waals surface area contributed by atoms with Crippen LogP contribution in [0.5, 0.6) is 0 Å². The lowest BCUT2D eigenvalue weighted by Gasteiger charge is -2.41. The Bertz CT molecular complexity index is 620. The molecule has 1 aromatic heterocycles. The monoisotopic (exact) mass is 376 g/mol. The van der Waals surface area contributed by atoms with E-state index in [1.807, 2.05) is 0 Å². The summed E-state index contributed by atoms with van der Waals surface area (Å²) in [6.45, 7) is 8.75. The molecule has 118 valence electrons. The van der Waals surface area contributed by atoms with E-state index >= 15 is 0 Å². The molecule has 6 nitrogen and oxygen atoms in total. The van der Waals surface area contributed by atoms with E-state index in [0.29, 0.717) is 30.7 Å². The minimum atomic E-state index is -3.59. The van der Waals surface area contributed by atoms with Gasteiger partial charge >= 0.3 is 0 Å². The molecule has 0 aliphatic carbocycles. The largest absolute Gasteiger partial charge is 0.383 e. The first-order valence-corrected chi connectivity index (χ1v) is 9.02. The third-order valence-corrected chi connectivity index (χ3v) is 6.02. The van der Waals surface area contributed by atoms with Gasteiger partial charge in [0.15, 0.2) is 0 Å². The molecule has 0 saturated carbocycles. The van der Waals surface area contributed by atoms with Crippen molar-refractivity contribution in [3.63, 3.8) is 0 Å². The number of nitrogens with two attached hydrogens (primary N) is 1. The maximum atomic E-state index is 12.7. The van der Waals surface area contributed by atoms with Crippen molar-refractivity contribution in [2.75, 3.05) is 31.9 Å². The number of aromatic nitrogens is 1. The van der Waals surface area contributed by atoms with Crippen LogP contribution in [0.3, 0.4) is 0 Å². The first kappa shape index (κ1) is 16.7. The topological polar surface area (TPSA) is 79.5 Å². The van der Waals surface area contributed by atoms with E-state index in [-0.39, 0.29) is 16.3 Å². The Balaban J connectivity index is 2.21. The van der Waals surface area contributed by atoms with Crippen molar-refractivity contribution in [3.05, 3.63) is 16.7 Å². The molecule has 0 unspecified atom stereocenters. The van der Waals surface area contributed by atoms with Crippen LogP contribution >= 0.6 is 15.9 Å². The maximum absolute atomic E-state index is 12.7. The Hall–Kier alpha value is -0.700. The van der Waals surface area contributed by atoms with Crippen LogP contribution in [0.1, 0.15) is 20.8 Å². The fraction of sp³-hybridized carbons (Fsp3) is 0.615. The molecule has 0 spiro atoms. The molecule has 21 heavy (non-hydrogen) atoms. The Morgan fingerprint density at radius 1 is 1.24 bits per heavy atom. The van der Waals surface area contributed by atoms with Crippen LogP contribution in [0.2, 0.25) is 0 Å². The van der Waals surface area contributed by atoms with Gasteiger partial charge in [0.1, 0.15) is 10.7 Å². The molecule has 2 rings (SSSR count). The van der Waals surface area contributed by atoms with Gasteiger partial charge in [-0.05, 0) is 42.8 Å². The predicted molar refractivity (Wildman–Crippen MR) is 86.4 cm³/mol. The van der Waals surface area contributed by atoms with Crippen molar-refractivity contribution >= 4 is 31.8 Å². The number of nitrogen functional groups attached to an aromatic ring is 1. The number of piperazine rings is 1. The number of halogens is 1. The summed E-state index contributed by atoms with van der Waals surface area (Å²) >= 11 is 3.24. The molecule has 0 amide bonds. The molecule has 0 bridgehead atoms. The van der Waals surface area contributed by atoms with Crippen molar-refractivity contribution in [1.82, 2.24) is 14.2 Å². The van der Waals surface area contributed by atoms with E-state index in [0.717, 1.165) is 0 Å². The third-order valence-electron chi connectivity index (χ3n) is 3.65. The normalized spacial score (nSPS) is 18.9. The Labute approximate surface area is 134 Å². The highest BCUT2D eigenvalue weighted by Crippen LogP contribution is 2.26. The van der Waals surface area contributed by atoms with Gasteiger partial charge in [-0.1, -0.05) is 0 Å². The van der Waals surface area contributed by atoms with Gasteiger partial charge in [0.25, 0.3) is 0 Å². The van der Waals surface area contributed by atoms with Crippen molar-refractivity contribution in [2.24, 2.45) is 0 Å². The fourth-order valence-electron chi connectivity index (χ4n) is 2.38. The zero-order valence-corrected chi connectivity index (χ0v) is 14.9.